The second-order valence-corrected chi connectivity index (χ2v) is 4.29. The van der Waals surface area contributed by atoms with Crippen molar-refractivity contribution in [3.05, 3.63) is 52.6 Å². The number of rotatable bonds is 6. The number of imidazole rings is 1. The summed E-state index contributed by atoms with van der Waals surface area (Å²) in [4.78, 5) is 26.3. The molecule has 1 aromatic heterocycles. The van der Waals surface area contributed by atoms with Crippen LogP contribution in [-0.2, 0) is 6.54 Å². The van der Waals surface area contributed by atoms with Gasteiger partial charge in [0.05, 0.1) is 16.8 Å². The van der Waals surface area contributed by atoms with E-state index in [9.17, 15) is 14.9 Å². The van der Waals surface area contributed by atoms with Crippen LogP contribution in [0.4, 0.5) is 11.4 Å². The lowest BCUT2D eigenvalue weighted by molar-refractivity contribution is -0.384. The molecule has 0 aliphatic rings. The van der Waals surface area contributed by atoms with Crippen LogP contribution in [0.25, 0.3) is 0 Å². The van der Waals surface area contributed by atoms with Crippen molar-refractivity contribution in [1.29, 1.82) is 0 Å². The number of nitrogens with zero attached hydrogens (tertiary/aromatic N) is 3. The van der Waals surface area contributed by atoms with E-state index < -0.39 is 4.92 Å². The van der Waals surface area contributed by atoms with Gasteiger partial charge < -0.3 is 15.2 Å². The van der Waals surface area contributed by atoms with Gasteiger partial charge in [0.15, 0.2) is 0 Å². The zero-order valence-corrected chi connectivity index (χ0v) is 11.4. The molecule has 0 radical (unpaired) electrons. The third kappa shape index (κ3) is 3.56. The highest BCUT2D eigenvalue weighted by atomic mass is 16.6. The fourth-order valence-corrected chi connectivity index (χ4v) is 1.86. The van der Waals surface area contributed by atoms with Crippen molar-refractivity contribution in [2.24, 2.45) is 0 Å². The summed E-state index contributed by atoms with van der Waals surface area (Å²) in [6.07, 6.45) is 5.10. The predicted octanol–water partition coefficient (Wildman–Crippen LogP) is 1.26. The summed E-state index contributed by atoms with van der Waals surface area (Å²) in [6.45, 7) is 0.983. The lowest BCUT2D eigenvalue weighted by Crippen LogP contribution is -2.27. The van der Waals surface area contributed by atoms with Crippen LogP contribution in [-0.4, -0.2) is 34.0 Å². The summed E-state index contributed by atoms with van der Waals surface area (Å²) >= 11 is 0. The van der Waals surface area contributed by atoms with Gasteiger partial charge in [-0.15, -0.1) is 0 Å². The number of non-ortho nitro benzene ring substituents is 1. The van der Waals surface area contributed by atoms with Crippen LogP contribution in [0.2, 0.25) is 0 Å². The van der Waals surface area contributed by atoms with E-state index >= 15 is 0 Å². The molecule has 0 atom stereocenters. The molecule has 0 fully saturated rings. The molecule has 2 N–H and O–H groups in total. The van der Waals surface area contributed by atoms with E-state index in [1.807, 2.05) is 4.57 Å². The van der Waals surface area contributed by atoms with Crippen molar-refractivity contribution >= 4 is 17.3 Å². The molecule has 0 aliphatic carbocycles. The highest BCUT2D eigenvalue weighted by molar-refractivity contribution is 6.00. The normalized spacial score (nSPS) is 10.1. The van der Waals surface area contributed by atoms with Gasteiger partial charge in [-0.2, -0.15) is 0 Å². The Bertz CT molecular complexity index is 639. The minimum atomic E-state index is -0.526. The number of hydrogen-bond acceptors (Lipinski definition) is 5. The van der Waals surface area contributed by atoms with Gasteiger partial charge in [0, 0.05) is 50.4 Å². The molecule has 2 aromatic rings. The maximum atomic E-state index is 12.1. The van der Waals surface area contributed by atoms with E-state index in [1.54, 1.807) is 25.8 Å². The molecule has 2 rings (SSSR count). The number of amides is 1. The molecule has 1 amide bonds. The summed E-state index contributed by atoms with van der Waals surface area (Å²) in [6, 6.07) is 4.13. The molecular formula is C13H15N5O3. The molecule has 1 heterocycles. The fraction of sp³-hybridized carbons (Fsp3) is 0.231. The van der Waals surface area contributed by atoms with E-state index in [2.05, 4.69) is 15.6 Å². The zero-order valence-electron chi connectivity index (χ0n) is 11.4. The van der Waals surface area contributed by atoms with Gasteiger partial charge in [-0.3, -0.25) is 14.9 Å². The van der Waals surface area contributed by atoms with E-state index in [-0.39, 0.29) is 17.2 Å². The van der Waals surface area contributed by atoms with E-state index in [1.165, 1.54) is 18.2 Å². The van der Waals surface area contributed by atoms with Crippen molar-refractivity contribution in [2.75, 3.05) is 18.9 Å². The van der Waals surface area contributed by atoms with E-state index in [0.29, 0.717) is 18.8 Å². The summed E-state index contributed by atoms with van der Waals surface area (Å²) < 4.78 is 1.83. The standard InChI is InChI=1S/C13H15N5O3/c1-14-12-3-2-10(18(20)21)8-11(12)13(19)16-5-7-17-6-4-15-9-17/h2-4,6,8-9,14H,5,7H2,1H3,(H,16,19). The topological polar surface area (TPSA) is 102 Å². The van der Waals surface area contributed by atoms with Crippen molar-refractivity contribution < 1.29 is 9.72 Å². The van der Waals surface area contributed by atoms with E-state index in [4.69, 9.17) is 0 Å². The molecule has 8 nitrogen and oxygen atoms in total. The van der Waals surface area contributed by atoms with Gasteiger partial charge in [-0.1, -0.05) is 0 Å². The highest BCUT2D eigenvalue weighted by Crippen LogP contribution is 2.21. The number of nitro groups is 1. The Kier molecular flexibility index (Phi) is 4.50. The summed E-state index contributed by atoms with van der Waals surface area (Å²) in [5, 5.41) is 16.4. The van der Waals surface area contributed by atoms with Crippen LogP contribution in [0.1, 0.15) is 10.4 Å². The van der Waals surface area contributed by atoms with Crippen LogP contribution >= 0.6 is 0 Å². The lowest BCUT2D eigenvalue weighted by Gasteiger charge is -2.10. The smallest absolute Gasteiger partial charge is 0.270 e. The first-order valence-electron chi connectivity index (χ1n) is 6.32. The molecule has 110 valence electrons. The maximum absolute atomic E-state index is 12.1. The van der Waals surface area contributed by atoms with Gasteiger partial charge in [0.1, 0.15) is 0 Å². The minimum Gasteiger partial charge on any atom is -0.387 e. The minimum absolute atomic E-state index is 0.117. The maximum Gasteiger partial charge on any atom is 0.270 e. The van der Waals surface area contributed by atoms with Crippen LogP contribution < -0.4 is 10.6 Å². The van der Waals surface area contributed by atoms with Gasteiger partial charge >= 0.3 is 0 Å². The molecule has 0 saturated carbocycles. The van der Waals surface area contributed by atoms with Crippen LogP contribution in [0.3, 0.4) is 0 Å². The third-order valence-corrected chi connectivity index (χ3v) is 2.94. The Morgan fingerprint density at radius 3 is 2.90 bits per heavy atom. The van der Waals surface area contributed by atoms with Gasteiger partial charge in [-0.25, -0.2) is 4.98 Å². The average Bonchev–Trinajstić information content (AvgIpc) is 2.99. The molecule has 0 spiro atoms. The van der Waals surface area contributed by atoms with Gasteiger partial charge in [0.2, 0.25) is 0 Å². The monoisotopic (exact) mass is 289 g/mol. The Labute approximate surface area is 121 Å². The second-order valence-electron chi connectivity index (χ2n) is 4.29. The summed E-state index contributed by atoms with van der Waals surface area (Å²) in [5.74, 6) is -0.358. The number of carbonyl (C=O) groups excluding carboxylic acids is 1. The Balaban J connectivity index is 2.06. The fourth-order valence-electron chi connectivity index (χ4n) is 1.86. The highest BCUT2D eigenvalue weighted by Gasteiger charge is 2.15. The Morgan fingerprint density at radius 2 is 2.29 bits per heavy atom. The van der Waals surface area contributed by atoms with E-state index in [0.717, 1.165) is 0 Å². The molecule has 1 aromatic carbocycles. The second kappa shape index (κ2) is 6.51. The molecule has 0 unspecified atom stereocenters. The summed E-state index contributed by atoms with van der Waals surface area (Å²) in [5.41, 5.74) is 0.673. The Hall–Kier alpha value is -2.90. The van der Waals surface area contributed by atoms with Crippen LogP contribution in [0.5, 0.6) is 0 Å². The van der Waals surface area contributed by atoms with Crippen molar-refractivity contribution in [3.63, 3.8) is 0 Å². The van der Waals surface area contributed by atoms with Crippen molar-refractivity contribution in [1.82, 2.24) is 14.9 Å². The molecule has 0 aliphatic heterocycles. The molecular weight excluding hydrogens is 274 g/mol. The number of nitrogens with one attached hydrogen (secondary N) is 2. The number of hydrogen-bond donors (Lipinski definition) is 2. The lowest BCUT2D eigenvalue weighted by atomic mass is 10.1. The first-order valence-corrected chi connectivity index (χ1v) is 6.32. The molecule has 0 saturated heterocycles. The average molecular weight is 289 g/mol. The molecule has 8 heteroatoms. The first kappa shape index (κ1) is 14.5. The van der Waals surface area contributed by atoms with Crippen molar-refractivity contribution in [3.8, 4) is 0 Å². The van der Waals surface area contributed by atoms with Crippen LogP contribution in [0.15, 0.2) is 36.9 Å². The summed E-state index contributed by atoms with van der Waals surface area (Å²) in [7, 11) is 1.66. The SMILES string of the molecule is CNc1ccc([N+](=O)[O-])cc1C(=O)NCCn1ccnc1. The molecule has 0 bridgehead atoms. The quantitative estimate of drug-likeness (QED) is 0.615. The number of benzene rings is 1. The number of carbonyl (C=O) groups is 1. The number of anilines is 1. The first-order chi connectivity index (χ1) is 10.1. The zero-order chi connectivity index (χ0) is 15.2. The number of nitro benzene ring substituents is 1. The van der Waals surface area contributed by atoms with Gasteiger partial charge in [0.25, 0.3) is 11.6 Å². The van der Waals surface area contributed by atoms with Crippen LogP contribution in [0, 0.1) is 10.1 Å². The predicted molar refractivity (Wildman–Crippen MR) is 77.2 cm³/mol. The Morgan fingerprint density at radius 1 is 1.48 bits per heavy atom. The largest absolute Gasteiger partial charge is 0.387 e. The van der Waals surface area contributed by atoms with Crippen molar-refractivity contribution in [2.45, 2.75) is 6.54 Å². The third-order valence-electron chi connectivity index (χ3n) is 2.94. The van der Waals surface area contributed by atoms with Gasteiger partial charge in [-0.05, 0) is 6.07 Å². The number of aromatic nitrogens is 2. The molecule has 21 heavy (non-hydrogen) atoms.